The lowest BCUT2D eigenvalue weighted by Gasteiger charge is -2.24. The molecule has 0 bridgehead atoms. The summed E-state index contributed by atoms with van der Waals surface area (Å²) in [5.41, 5.74) is 6.61. The fourth-order valence-electron chi connectivity index (χ4n) is 6.04. The number of ether oxygens (including phenoxy) is 4. The number of benzene rings is 3. The number of hydrogen-bond acceptors (Lipinski definition) is 5. The highest BCUT2D eigenvalue weighted by Gasteiger charge is 2.32. The van der Waals surface area contributed by atoms with Crippen LogP contribution in [0.15, 0.2) is 42.5 Å². The van der Waals surface area contributed by atoms with E-state index in [1.54, 1.807) is 13.2 Å². The second-order valence-corrected chi connectivity index (χ2v) is 11.8. The van der Waals surface area contributed by atoms with Crippen LogP contribution in [0.3, 0.4) is 0 Å². The Morgan fingerprint density at radius 2 is 1.82 bits per heavy atom. The third kappa shape index (κ3) is 5.66. The number of carboxylic acids is 1. The lowest BCUT2D eigenvalue weighted by atomic mass is 9.90. The van der Waals surface area contributed by atoms with E-state index in [0.29, 0.717) is 49.7 Å². The van der Waals surface area contributed by atoms with Gasteiger partial charge >= 0.3 is 5.97 Å². The molecule has 0 fully saturated rings. The summed E-state index contributed by atoms with van der Waals surface area (Å²) in [7, 11) is 1.70. The van der Waals surface area contributed by atoms with Crippen molar-refractivity contribution >= 4 is 5.97 Å². The van der Waals surface area contributed by atoms with Crippen LogP contribution in [0.25, 0.3) is 11.1 Å². The standard InChI is InChI=1S/C33H37FO6/c1-19-12-23(39-18-33(3,4)17-37-5)13-20(2)31(19)25-8-10-27(34)32-26(25)9-11-28(32)40-22-6-7-24-21(14-30(35)36)16-38-29(24)15-22/h6-8,10,12-13,15,21,28H,9,11,14,16-18H2,1-5H3,(H,35,36)/t21?,28-/m1/s1. The first-order valence-electron chi connectivity index (χ1n) is 13.8. The molecule has 1 N–H and O–H groups in total. The van der Waals surface area contributed by atoms with Gasteiger partial charge in [-0.15, -0.1) is 0 Å². The van der Waals surface area contributed by atoms with Crippen molar-refractivity contribution in [1.82, 2.24) is 0 Å². The Kier molecular flexibility index (Phi) is 7.78. The van der Waals surface area contributed by atoms with E-state index >= 15 is 4.39 Å². The summed E-state index contributed by atoms with van der Waals surface area (Å²) >= 11 is 0. The first-order valence-corrected chi connectivity index (χ1v) is 13.8. The van der Waals surface area contributed by atoms with Gasteiger partial charge in [-0.05, 0) is 78.8 Å². The predicted molar refractivity (Wildman–Crippen MR) is 151 cm³/mol. The third-order valence-corrected chi connectivity index (χ3v) is 7.79. The summed E-state index contributed by atoms with van der Waals surface area (Å²) in [6.45, 7) is 9.83. The Labute approximate surface area is 235 Å². The highest BCUT2D eigenvalue weighted by atomic mass is 19.1. The molecule has 3 aromatic rings. The van der Waals surface area contributed by atoms with Crippen molar-refractivity contribution in [3.8, 4) is 28.4 Å². The average molecular weight is 549 g/mol. The maximum atomic E-state index is 15.3. The molecule has 6 nitrogen and oxygen atoms in total. The second-order valence-electron chi connectivity index (χ2n) is 11.8. The maximum Gasteiger partial charge on any atom is 0.304 e. The number of hydrogen-bond donors (Lipinski definition) is 1. The van der Waals surface area contributed by atoms with Crippen LogP contribution in [0.1, 0.15) is 66.5 Å². The van der Waals surface area contributed by atoms with E-state index in [-0.39, 0.29) is 23.6 Å². The number of fused-ring (bicyclic) bond motifs is 2. The third-order valence-electron chi connectivity index (χ3n) is 7.79. The Morgan fingerprint density at radius 3 is 2.52 bits per heavy atom. The summed E-state index contributed by atoms with van der Waals surface area (Å²) in [5, 5.41) is 9.16. The number of aryl methyl sites for hydroxylation is 2. The molecule has 2 atom stereocenters. The Morgan fingerprint density at radius 1 is 1.07 bits per heavy atom. The van der Waals surface area contributed by atoms with Crippen molar-refractivity contribution in [2.45, 2.75) is 59.0 Å². The zero-order valence-corrected chi connectivity index (χ0v) is 23.8. The molecule has 5 rings (SSSR count). The van der Waals surface area contributed by atoms with Crippen molar-refractivity contribution in [3.63, 3.8) is 0 Å². The molecule has 0 saturated heterocycles. The minimum atomic E-state index is -0.853. The average Bonchev–Trinajstić information content (AvgIpc) is 3.48. The van der Waals surface area contributed by atoms with Crippen LogP contribution in [0.4, 0.5) is 4.39 Å². The number of halogens is 1. The van der Waals surface area contributed by atoms with Crippen LogP contribution in [0.2, 0.25) is 0 Å². The second kappa shape index (κ2) is 11.1. The van der Waals surface area contributed by atoms with E-state index < -0.39 is 12.1 Å². The number of carbonyl (C=O) groups is 1. The SMILES string of the molecule is COCC(C)(C)COc1cc(C)c(-c2ccc(F)c3c2CC[C@H]3Oc2ccc3c(c2)OCC3CC(=O)O)c(C)c1. The smallest absolute Gasteiger partial charge is 0.304 e. The lowest BCUT2D eigenvalue weighted by Crippen LogP contribution is -2.26. The molecule has 1 aliphatic carbocycles. The Bertz CT molecular complexity index is 1410. The largest absolute Gasteiger partial charge is 0.493 e. The molecule has 0 radical (unpaired) electrons. The van der Waals surface area contributed by atoms with Gasteiger partial charge < -0.3 is 24.1 Å². The molecule has 0 saturated carbocycles. The van der Waals surface area contributed by atoms with Crippen LogP contribution in [0, 0.1) is 25.1 Å². The van der Waals surface area contributed by atoms with Gasteiger partial charge in [-0.1, -0.05) is 26.0 Å². The van der Waals surface area contributed by atoms with Crippen molar-refractivity contribution in [2.24, 2.45) is 5.41 Å². The van der Waals surface area contributed by atoms with Crippen LogP contribution < -0.4 is 14.2 Å². The first kappa shape index (κ1) is 28.0. The lowest BCUT2D eigenvalue weighted by molar-refractivity contribution is -0.137. The van der Waals surface area contributed by atoms with Gasteiger partial charge in [-0.2, -0.15) is 0 Å². The predicted octanol–water partition coefficient (Wildman–Crippen LogP) is 7.18. The zero-order chi connectivity index (χ0) is 28.6. The molecule has 2 aliphatic rings. The van der Waals surface area contributed by atoms with Crippen LogP contribution in [-0.4, -0.2) is 38.0 Å². The van der Waals surface area contributed by atoms with Crippen molar-refractivity contribution in [3.05, 3.63) is 76.1 Å². The summed E-state index contributed by atoms with van der Waals surface area (Å²) in [4.78, 5) is 11.2. The fourth-order valence-corrected chi connectivity index (χ4v) is 6.04. The molecule has 1 unspecified atom stereocenters. The topological polar surface area (TPSA) is 74.2 Å². The summed E-state index contributed by atoms with van der Waals surface area (Å²) in [6.07, 6.45) is 0.971. The number of aliphatic carboxylic acids is 1. The number of rotatable bonds is 10. The molecule has 0 aromatic heterocycles. The summed E-state index contributed by atoms with van der Waals surface area (Å²) in [6, 6.07) is 13.0. The van der Waals surface area contributed by atoms with Gasteiger partial charge in [0.25, 0.3) is 0 Å². The summed E-state index contributed by atoms with van der Waals surface area (Å²) < 4.78 is 38.8. The fraction of sp³-hybridized carbons (Fsp3) is 0.424. The molecule has 40 heavy (non-hydrogen) atoms. The van der Waals surface area contributed by atoms with Gasteiger partial charge in [0.1, 0.15) is 29.2 Å². The number of carboxylic acid groups (broad SMARTS) is 1. The van der Waals surface area contributed by atoms with E-state index in [4.69, 9.17) is 24.1 Å². The molecule has 7 heteroatoms. The van der Waals surface area contributed by atoms with E-state index in [1.807, 2.05) is 30.3 Å². The van der Waals surface area contributed by atoms with Gasteiger partial charge in [-0.3, -0.25) is 4.79 Å². The number of methoxy groups -OCH3 is 1. The van der Waals surface area contributed by atoms with Gasteiger partial charge in [0.05, 0.1) is 26.2 Å². The van der Waals surface area contributed by atoms with Crippen LogP contribution >= 0.6 is 0 Å². The molecule has 0 spiro atoms. The van der Waals surface area contributed by atoms with Gasteiger partial charge in [0.2, 0.25) is 0 Å². The summed E-state index contributed by atoms with van der Waals surface area (Å²) in [5.74, 6) is 0.740. The van der Waals surface area contributed by atoms with E-state index in [0.717, 1.165) is 39.1 Å². The van der Waals surface area contributed by atoms with Gasteiger partial charge in [-0.25, -0.2) is 4.39 Å². The monoisotopic (exact) mass is 548 g/mol. The molecule has 212 valence electrons. The normalized spacial score (nSPS) is 17.8. The van der Waals surface area contributed by atoms with Gasteiger partial charge in [0.15, 0.2) is 0 Å². The first-order chi connectivity index (χ1) is 19.1. The van der Waals surface area contributed by atoms with Crippen LogP contribution in [-0.2, 0) is 16.0 Å². The van der Waals surface area contributed by atoms with E-state index in [1.165, 1.54) is 6.07 Å². The quantitative estimate of drug-likeness (QED) is 0.289. The van der Waals surface area contributed by atoms with Crippen LogP contribution in [0.5, 0.6) is 17.2 Å². The molecule has 1 heterocycles. The van der Waals surface area contributed by atoms with Crippen molar-refractivity contribution in [2.75, 3.05) is 26.9 Å². The Balaban J connectivity index is 1.39. The molecule has 1 aliphatic heterocycles. The highest BCUT2D eigenvalue weighted by molar-refractivity contribution is 5.76. The maximum absolute atomic E-state index is 15.3. The zero-order valence-electron chi connectivity index (χ0n) is 23.8. The van der Waals surface area contributed by atoms with E-state index in [9.17, 15) is 4.79 Å². The van der Waals surface area contributed by atoms with Gasteiger partial charge in [0, 0.05) is 35.6 Å². The Hall–Kier alpha value is -3.58. The van der Waals surface area contributed by atoms with Crippen molar-refractivity contribution in [1.29, 1.82) is 0 Å². The molecule has 0 amide bonds. The van der Waals surface area contributed by atoms with E-state index in [2.05, 4.69) is 27.7 Å². The highest BCUT2D eigenvalue weighted by Crippen LogP contribution is 2.45. The minimum absolute atomic E-state index is 0.0228. The molecule has 3 aromatic carbocycles. The molecular formula is C33H37FO6. The molecular weight excluding hydrogens is 511 g/mol. The van der Waals surface area contributed by atoms with Crippen molar-refractivity contribution < 1.29 is 33.2 Å². The minimum Gasteiger partial charge on any atom is -0.493 e.